The van der Waals surface area contributed by atoms with E-state index in [1.807, 2.05) is 0 Å². The van der Waals surface area contributed by atoms with Crippen LogP contribution in [0.1, 0.15) is 26.7 Å². The van der Waals surface area contributed by atoms with Crippen LogP contribution in [0.4, 0.5) is 13.2 Å². The molecule has 1 saturated heterocycles. The van der Waals surface area contributed by atoms with Crippen molar-refractivity contribution in [3.63, 3.8) is 0 Å². The molecule has 5 heteroatoms. The molecule has 1 aliphatic heterocycles. The molecule has 19 heavy (non-hydrogen) atoms. The van der Waals surface area contributed by atoms with E-state index in [-0.39, 0.29) is 0 Å². The molecule has 0 aromatic heterocycles. The average Bonchev–Trinajstić information content (AvgIpc) is 2.30. The Morgan fingerprint density at radius 3 is 2.74 bits per heavy atom. The number of rotatable bonds is 2. The number of nitrogens with zero attached hydrogens (tertiary/aromatic N) is 1. The van der Waals surface area contributed by atoms with Crippen molar-refractivity contribution in [1.29, 1.82) is 0 Å². The van der Waals surface area contributed by atoms with Crippen LogP contribution in [-0.4, -0.2) is 43.3 Å². The predicted octanol–water partition coefficient (Wildman–Crippen LogP) is 2.88. The van der Waals surface area contributed by atoms with E-state index < -0.39 is 11.7 Å². The van der Waals surface area contributed by atoms with E-state index in [0.717, 1.165) is 31.6 Å². The van der Waals surface area contributed by atoms with Crippen LogP contribution in [0, 0.1) is 0 Å². The second-order valence-electron chi connectivity index (χ2n) is 5.60. The molecule has 1 N–H and O–H groups in total. The van der Waals surface area contributed by atoms with E-state index in [9.17, 15) is 13.2 Å². The van der Waals surface area contributed by atoms with Gasteiger partial charge < -0.3 is 5.32 Å². The molecule has 0 aromatic carbocycles. The van der Waals surface area contributed by atoms with Crippen LogP contribution in [-0.2, 0) is 0 Å². The number of allylic oxidation sites excluding steroid dienone is 3. The SMILES string of the molecule is CC1=CC(C(F)(F)F)=C(CN2CCNC(C)C2)CC1. The lowest BCUT2D eigenvalue weighted by atomic mass is 9.92. The topological polar surface area (TPSA) is 15.3 Å². The van der Waals surface area contributed by atoms with Crippen LogP contribution in [0.15, 0.2) is 22.8 Å². The van der Waals surface area contributed by atoms with E-state index >= 15 is 0 Å². The quantitative estimate of drug-likeness (QED) is 0.833. The molecule has 2 aliphatic rings. The Morgan fingerprint density at radius 2 is 2.11 bits per heavy atom. The summed E-state index contributed by atoms with van der Waals surface area (Å²) in [7, 11) is 0. The van der Waals surface area contributed by atoms with Gasteiger partial charge in [0.1, 0.15) is 0 Å². The van der Waals surface area contributed by atoms with Crippen LogP contribution < -0.4 is 5.32 Å². The molecule has 1 aliphatic carbocycles. The Kier molecular flexibility index (Phi) is 4.36. The molecule has 0 amide bonds. The van der Waals surface area contributed by atoms with E-state index in [4.69, 9.17) is 0 Å². The van der Waals surface area contributed by atoms with Crippen molar-refractivity contribution < 1.29 is 13.2 Å². The number of halogens is 3. The van der Waals surface area contributed by atoms with Gasteiger partial charge in [0.15, 0.2) is 0 Å². The molecular weight excluding hydrogens is 253 g/mol. The molecule has 1 heterocycles. The lowest BCUT2D eigenvalue weighted by Crippen LogP contribution is -2.49. The Morgan fingerprint density at radius 1 is 1.37 bits per heavy atom. The summed E-state index contributed by atoms with van der Waals surface area (Å²) in [6.45, 7) is 6.78. The zero-order valence-corrected chi connectivity index (χ0v) is 11.5. The molecule has 0 saturated carbocycles. The van der Waals surface area contributed by atoms with Crippen LogP contribution in [0.25, 0.3) is 0 Å². The van der Waals surface area contributed by atoms with Crippen LogP contribution in [0.2, 0.25) is 0 Å². The summed E-state index contributed by atoms with van der Waals surface area (Å²) in [4.78, 5) is 2.12. The summed E-state index contributed by atoms with van der Waals surface area (Å²) in [5, 5.41) is 3.31. The molecular formula is C14H21F3N2. The van der Waals surface area contributed by atoms with E-state index in [2.05, 4.69) is 17.1 Å². The van der Waals surface area contributed by atoms with Crippen LogP contribution in [0.3, 0.4) is 0 Å². The van der Waals surface area contributed by atoms with Crippen molar-refractivity contribution >= 4 is 0 Å². The fourth-order valence-electron chi connectivity index (χ4n) is 2.78. The van der Waals surface area contributed by atoms with Gasteiger partial charge in [-0.25, -0.2) is 0 Å². The van der Waals surface area contributed by atoms with Gasteiger partial charge in [-0.2, -0.15) is 13.2 Å². The van der Waals surface area contributed by atoms with Crippen LogP contribution >= 0.6 is 0 Å². The second-order valence-corrected chi connectivity index (χ2v) is 5.60. The molecule has 0 aromatic rings. The number of hydrogen-bond acceptors (Lipinski definition) is 2. The standard InChI is InChI=1S/C14H21F3N2/c1-10-3-4-12(13(7-10)14(15,16)17)9-19-6-5-18-11(2)8-19/h7,11,18H,3-6,8-9H2,1-2H3. The molecule has 108 valence electrons. The fourth-order valence-corrected chi connectivity index (χ4v) is 2.78. The molecule has 0 radical (unpaired) electrons. The first-order valence-electron chi connectivity index (χ1n) is 6.78. The van der Waals surface area contributed by atoms with Gasteiger partial charge in [-0.1, -0.05) is 11.6 Å². The van der Waals surface area contributed by atoms with Gasteiger partial charge >= 0.3 is 6.18 Å². The summed E-state index contributed by atoms with van der Waals surface area (Å²) in [6.07, 6.45) is -1.62. The maximum atomic E-state index is 13.1. The van der Waals surface area contributed by atoms with Crippen molar-refractivity contribution in [2.45, 2.75) is 38.9 Å². The molecule has 0 spiro atoms. The number of hydrogen-bond donors (Lipinski definition) is 1. The summed E-state index contributed by atoms with van der Waals surface area (Å²) in [6, 6.07) is 0.351. The largest absolute Gasteiger partial charge is 0.416 e. The van der Waals surface area contributed by atoms with Gasteiger partial charge in [-0.3, -0.25) is 4.90 Å². The summed E-state index contributed by atoms with van der Waals surface area (Å²) < 4.78 is 39.2. The van der Waals surface area contributed by atoms with Crippen molar-refractivity contribution in [2.24, 2.45) is 0 Å². The molecule has 0 bridgehead atoms. The maximum absolute atomic E-state index is 13.1. The third-order valence-corrected chi connectivity index (χ3v) is 3.77. The lowest BCUT2D eigenvalue weighted by Gasteiger charge is -2.33. The van der Waals surface area contributed by atoms with Crippen molar-refractivity contribution in [2.75, 3.05) is 26.2 Å². The van der Waals surface area contributed by atoms with Gasteiger partial charge in [-0.05, 0) is 32.3 Å². The van der Waals surface area contributed by atoms with Crippen molar-refractivity contribution in [3.8, 4) is 0 Å². The molecule has 2 nitrogen and oxygen atoms in total. The smallest absolute Gasteiger partial charge is 0.312 e. The van der Waals surface area contributed by atoms with Crippen molar-refractivity contribution in [3.05, 3.63) is 22.8 Å². The highest BCUT2D eigenvalue weighted by molar-refractivity contribution is 5.37. The minimum Gasteiger partial charge on any atom is -0.312 e. The Bertz CT molecular complexity index is 396. The predicted molar refractivity (Wildman–Crippen MR) is 70.0 cm³/mol. The Labute approximate surface area is 112 Å². The summed E-state index contributed by atoms with van der Waals surface area (Å²) >= 11 is 0. The first-order chi connectivity index (χ1) is 8.86. The maximum Gasteiger partial charge on any atom is 0.416 e. The third-order valence-electron chi connectivity index (χ3n) is 3.77. The van der Waals surface area contributed by atoms with Gasteiger partial charge in [-0.15, -0.1) is 0 Å². The third kappa shape index (κ3) is 3.83. The van der Waals surface area contributed by atoms with Crippen LogP contribution in [0.5, 0.6) is 0 Å². The minimum atomic E-state index is -4.23. The van der Waals surface area contributed by atoms with Gasteiger partial charge in [0.05, 0.1) is 5.57 Å². The zero-order chi connectivity index (χ0) is 14.0. The number of nitrogens with one attached hydrogen (secondary N) is 1. The Hall–Kier alpha value is -0.810. The first kappa shape index (κ1) is 14.6. The van der Waals surface area contributed by atoms with Gasteiger partial charge in [0.2, 0.25) is 0 Å². The molecule has 1 atom stereocenters. The van der Waals surface area contributed by atoms with Crippen molar-refractivity contribution in [1.82, 2.24) is 10.2 Å². The fraction of sp³-hybridized carbons (Fsp3) is 0.714. The highest BCUT2D eigenvalue weighted by Gasteiger charge is 2.36. The Balaban J connectivity index is 2.15. The van der Waals surface area contributed by atoms with Gasteiger partial charge in [0, 0.05) is 32.2 Å². The van der Waals surface area contributed by atoms with Gasteiger partial charge in [0.25, 0.3) is 0 Å². The first-order valence-corrected chi connectivity index (χ1v) is 6.78. The number of alkyl halides is 3. The number of piperazine rings is 1. The second kappa shape index (κ2) is 5.67. The van der Waals surface area contributed by atoms with E-state index in [1.165, 1.54) is 6.08 Å². The molecule has 1 unspecified atom stereocenters. The minimum absolute atomic E-state index is 0.351. The monoisotopic (exact) mass is 274 g/mol. The highest BCUT2D eigenvalue weighted by Crippen LogP contribution is 2.36. The summed E-state index contributed by atoms with van der Waals surface area (Å²) in [5.41, 5.74) is 0.958. The van der Waals surface area contributed by atoms with E-state index in [0.29, 0.717) is 24.6 Å². The highest BCUT2D eigenvalue weighted by atomic mass is 19.4. The summed E-state index contributed by atoms with van der Waals surface area (Å²) in [5.74, 6) is 0. The lowest BCUT2D eigenvalue weighted by molar-refractivity contribution is -0.0897. The molecule has 2 rings (SSSR count). The molecule has 1 fully saturated rings. The van der Waals surface area contributed by atoms with E-state index in [1.54, 1.807) is 6.92 Å². The zero-order valence-electron chi connectivity index (χ0n) is 11.5. The normalized spacial score (nSPS) is 26.6. The average molecular weight is 274 g/mol.